The van der Waals surface area contributed by atoms with Crippen LogP contribution in [0.1, 0.15) is 11.1 Å². The minimum absolute atomic E-state index is 0.279. The summed E-state index contributed by atoms with van der Waals surface area (Å²) in [6, 6.07) is 14.3. The van der Waals surface area contributed by atoms with E-state index in [0.717, 1.165) is 27.5 Å². The molecule has 0 amide bonds. The van der Waals surface area contributed by atoms with Crippen LogP contribution in [0, 0.1) is 0 Å². The number of benzene rings is 3. The van der Waals surface area contributed by atoms with E-state index >= 15 is 0 Å². The van der Waals surface area contributed by atoms with E-state index in [1.807, 2.05) is 24.3 Å². The quantitative estimate of drug-likeness (QED) is 0.636. The third kappa shape index (κ3) is 2.01. The zero-order valence-electron chi connectivity index (χ0n) is 12.3. The molecule has 3 aromatic rings. The molecule has 5 rings (SSSR count). The molecule has 0 radical (unpaired) electrons. The van der Waals surface area contributed by atoms with Gasteiger partial charge in [-0.3, -0.25) is 0 Å². The lowest BCUT2D eigenvalue weighted by Gasteiger charge is -2.13. The molecule has 23 heavy (non-hydrogen) atoms. The summed E-state index contributed by atoms with van der Waals surface area (Å²) >= 11 is 6.25. The molecule has 0 fully saturated rings. The van der Waals surface area contributed by atoms with E-state index in [9.17, 15) is 0 Å². The molecule has 3 nitrogen and oxygen atoms in total. The van der Waals surface area contributed by atoms with Gasteiger partial charge >= 0.3 is 0 Å². The Morgan fingerprint density at radius 2 is 1.78 bits per heavy atom. The van der Waals surface area contributed by atoms with Gasteiger partial charge in [0.15, 0.2) is 11.5 Å². The van der Waals surface area contributed by atoms with Gasteiger partial charge in [-0.15, -0.1) is 0 Å². The molecule has 0 aromatic heterocycles. The zero-order valence-corrected chi connectivity index (χ0v) is 13.0. The van der Waals surface area contributed by atoms with Crippen LogP contribution >= 0.6 is 11.6 Å². The number of hydrogen-bond acceptors (Lipinski definition) is 3. The summed E-state index contributed by atoms with van der Waals surface area (Å²) in [6.07, 6.45) is 0. The fourth-order valence-electron chi connectivity index (χ4n) is 3.41. The van der Waals surface area contributed by atoms with Crippen molar-refractivity contribution in [3.63, 3.8) is 0 Å². The third-order valence-corrected chi connectivity index (χ3v) is 4.70. The first kappa shape index (κ1) is 13.2. The highest BCUT2D eigenvalue weighted by molar-refractivity contribution is 6.31. The molecule has 114 valence electrons. The SMILES string of the molecule is Clc1ccc2cc3c(c(-c4ccc5c(c4)OCO5)c2c1)COC3. The topological polar surface area (TPSA) is 27.7 Å². The van der Waals surface area contributed by atoms with Crippen LogP contribution in [0.2, 0.25) is 5.02 Å². The second-order valence-corrected chi connectivity index (χ2v) is 6.25. The van der Waals surface area contributed by atoms with Crippen LogP contribution in [-0.2, 0) is 18.0 Å². The molecular weight excluding hydrogens is 312 g/mol. The molecule has 0 saturated heterocycles. The number of rotatable bonds is 1. The Bertz CT molecular complexity index is 949. The van der Waals surface area contributed by atoms with Crippen LogP contribution in [0.25, 0.3) is 21.9 Å². The Morgan fingerprint density at radius 1 is 0.870 bits per heavy atom. The molecule has 0 N–H and O–H groups in total. The first-order valence-electron chi connectivity index (χ1n) is 7.51. The van der Waals surface area contributed by atoms with Gasteiger partial charge in [0.2, 0.25) is 6.79 Å². The molecule has 4 heteroatoms. The van der Waals surface area contributed by atoms with Crippen molar-refractivity contribution in [2.75, 3.05) is 6.79 Å². The van der Waals surface area contributed by atoms with Crippen molar-refractivity contribution in [2.45, 2.75) is 13.2 Å². The van der Waals surface area contributed by atoms with Gasteiger partial charge in [0, 0.05) is 5.02 Å². The van der Waals surface area contributed by atoms with Crippen LogP contribution < -0.4 is 9.47 Å². The van der Waals surface area contributed by atoms with Crippen LogP contribution in [-0.4, -0.2) is 6.79 Å². The molecule has 0 spiro atoms. The summed E-state index contributed by atoms with van der Waals surface area (Å²) in [6.45, 7) is 1.56. The van der Waals surface area contributed by atoms with Crippen LogP contribution in [0.3, 0.4) is 0 Å². The standard InChI is InChI=1S/C19H13ClO3/c20-14-3-1-11-5-13-8-21-9-16(13)19(15(11)7-14)12-2-4-17-18(6-12)23-10-22-17/h1-7H,8-10H2. The first-order chi connectivity index (χ1) is 11.3. The Balaban J connectivity index is 1.84. The summed E-state index contributed by atoms with van der Waals surface area (Å²) in [5, 5.41) is 3.05. The fourth-order valence-corrected chi connectivity index (χ4v) is 3.58. The summed E-state index contributed by atoms with van der Waals surface area (Å²) in [5.74, 6) is 1.58. The summed E-state index contributed by atoms with van der Waals surface area (Å²) in [7, 11) is 0. The molecule has 2 aliphatic rings. The van der Waals surface area contributed by atoms with E-state index in [4.69, 9.17) is 25.8 Å². The normalized spacial score (nSPS) is 15.2. The second-order valence-electron chi connectivity index (χ2n) is 5.82. The molecule has 0 saturated carbocycles. The maximum atomic E-state index is 6.25. The van der Waals surface area contributed by atoms with Gasteiger partial charge in [0.1, 0.15) is 0 Å². The lowest BCUT2D eigenvalue weighted by molar-refractivity contribution is 0.134. The van der Waals surface area contributed by atoms with E-state index in [0.29, 0.717) is 13.2 Å². The minimum atomic E-state index is 0.279. The summed E-state index contributed by atoms with van der Waals surface area (Å²) in [5.41, 5.74) is 4.76. The Hall–Kier alpha value is -2.23. The highest BCUT2D eigenvalue weighted by Crippen LogP contribution is 2.42. The number of halogens is 1. The fraction of sp³-hybridized carbons (Fsp3) is 0.158. The van der Waals surface area contributed by atoms with Gasteiger partial charge in [0.25, 0.3) is 0 Å². The van der Waals surface area contributed by atoms with Crippen molar-refractivity contribution in [1.29, 1.82) is 0 Å². The molecular formula is C19H13ClO3. The van der Waals surface area contributed by atoms with Crippen LogP contribution in [0.15, 0.2) is 42.5 Å². The van der Waals surface area contributed by atoms with E-state index < -0.39 is 0 Å². The van der Waals surface area contributed by atoms with Crippen molar-refractivity contribution < 1.29 is 14.2 Å². The number of ether oxygens (including phenoxy) is 3. The van der Waals surface area contributed by atoms with Crippen molar-refractivity contribution in [3.8, 4) is 22.6 Å². The van der Waals surface area contributed by atoms with Crippen molar-refractivity contribution in [3.05, 3.63) is 58.6 Å². The van der Waals surface area contributed by atoms with Gasteiger partial charge < -0.3 is 14.2 Å². The smallest absolute Gasteiger partial charge is 0.231 e. The average Bonchev–Trinajstić information content (AvgIpc) is 3.20. The van der Waals surface area contributed by atoms with E-state index in [2.05, 4.69) is 18.2 Å². The molecule has 2 heterocycles. The third-order valence-electron chi connectivity index (χ3n) is 4.47. The van der Waals surface area contributed by atoms with Gasteiger partial charge in [-0.2, -0.15) is 0 Å². The predicted octanol–water partition coefficient (Wildman–Crippen LogP) is 4.92. The molecule has 0 bridgehead atoms. The van der Waals surface area contributed by atoms with Crippen molar-refractivity contribution in [2.24, 2.45) is 0 Å². The highest BCUT2D eigenvalue weighted by Gasteiger charge is 2.22. The van der Waals surface area contributed by atoms with Gasteiger partial charge in [0.05, 0.1) is 13.2 Å². The van der Waals surface area contributed by atoms with Crippen LogP contribution in [0.4, 0.5) is 0 Å². The minimum Gasteiger partial charge on any atom is -0.454 e. The Morgan fingerprint density at radius 3 is 2.74 bits per heavy atom. The van der Waals surface area contributed by atoms with Gasteiger partial charge in [-0.1, -0.05) is 23.7 Å². The first-order valence-corrected chi connectivity index (χ1v) is 7.89. The average molecular weight is 325 g/mol. The van der Waals surface area contributed by atoms with E-state index in [1.165, 1.54) is 22.1 Å². The monoisotopic (exact) mass is 324 g/mol. The molecule has 0 unspecified atom stereocenters. The van der Waals surface area contributed by atoms with E-state index in [-0.39, 0.29) is 6.79 Å². The highest BCUT2D eigenvalue weighted by atomic mass is 35.5. The second kappa shape index (κ2) is 4.88. The molecule has 2 aliphatic heterocycles. The number of hydrogen-bond donors (Lipinski definition) is 0. The number of fused-ring (bicyclic) bond motifs is 3. The summed E-state index contributed by atoms with van der Waals surface area (Å²) in [4.78, 5) is 0. The van der Waals surface area contributed by atoms with Crippen molar-refractivity contribution >= 4 is 22.4 Å². The van der Waals surface area contributed by atoms with Gasteiger partial charge in [-0.05, 0) is 63.4 Å². The van der Waals surface area contributed by atoms with Crippen molar-refractivity contribution in [1.82, 2.24) is 0 Å². The largest absolute Gasteiger partial charge is 0.454 e. The van der Waals surface area contributed by atoms with Crippen LogP contribution in [0.5, 0.6) is 11.5 Å². The summed E-state index contributed by atoms with van der Waals surface area (Å²) < 4.78 is 16.6. The lowest BCUT2D eigenvalue weighted by atomic mass is 9.91. The van der Waals surface area contributed by atoms with Gasteiger partial charge in [-0.25, -0.2) is 0 Å². The molecule has 3 aromatic carbocycles. The predicted molar refractivity (Wildman–Crippen MR) is 89.0 cm³/mol. The Labute approximate surface area is 138 Å². The molecule has 0 aliphatic carbocycles. The maximum absolute atomic E-state index is 6.25. The maximum Gasteiger partial charge on any atom is 0.231 e. The zero-order chi connectivity index (χ0) is 15.4. The van der Waals surface area contributed by atoms with E-state index in [1.54, 1.807) is 0 Å². The lowest BCUT2D eigenvalue weighted by Crippen LogP contribution is -1.93. The molecule has 0 atom stereocenters. The Kier molecular flexibility index (Phi) is 2.81.